The van der Waals surface area contributed by atoms with Gasteiger partial charge in [0.1, 0.15) is 0 Å². The van der Waals surface area contributed by atoms with Crippen LogP contribution in [0.15, 0.2) is 4.99 Å². The van der Waals surface area contributed by atoms with Gasteiger partial charge in [-0.25, -0.2) is 0 Å². The molecule has 0 aliphatic heterocycles. The van der Waals surface area contributed by atoms with E-state index in [1.54, 1.807) is 0 Å². The van der Waals surface area contributed by atoms with Crippen LogP contribution in [-0.4, -0.2) is 42.4 Å². The maximum atomic E-state index is 4.32. The summed E-state index contributed by atoms with van der Waals surface area (Å²) in [4.78, 5) is 4.32. The summed E-state index contributed by atoms with van der Waals surface area (Å²) in [5, 5.41) is 0. The number of hydrogen-bond donors (Lipinski definition) is 0. The van der Waals surface area contributed by atoms with Crippen LogP contribution in [-0.2, 0) is 0 Å². The van der Waals surface area contributed by atoms with Gasteiger partial charge in [0.2, 0.25) is 0 Å². The second-order valence-electron chi connectivity index (χ2n) is 6.88. The van der Waals surface area contributed by atoms with Crippen LogP contribution in [0.4, 0.5) is 0 Å². The molecule has 0 aromatic carbocycles. The van der Waals surface area contributed by atoms with Crippen LogP contribution in [0.3, 0.4) is 0 Å². The normalized spacial score (nSPS) is 21.1. The Morgan fingerprint density at radius 3 is 2.05 bits per heavy atom. The maximum absolute atomic E-state index is 4.32. The van der Waals surface area contributed by atoms with E-state index in [2.05, 4.69) is 60.5 Å². The Kier molecular flexibility index (Phi) is 7.28. The minimum absolute atomic E-state index is 0.338. The van der Waals surface area contributed by atoms with Crippen molar-refractivity contribution in [3.63, 3.8) is 0 Å². The molecular formula is C17H37N2+. The Bertz CT molecular complexity index is 296. The molecule has 0 fully saturated rings. The lowest BCUT2D eigenvalue weighted by molar-refractivity contribution is -0.980. The molecule has 0 radical (unpaired) electrons. The summed E-state index contributed by atoms with van der Waals surface area (Å²) >= 11 is 0. The lowest BCUT2D eigenvalue weighted by Gasteiger charge is -2.54. The molecule has 0 rings (SSSR count). The molecule has 0 aromatic heterocycles. The van der Waals surface area contributed by atoms with Crippen LogP contribution >= 0.6 is 0 Å². The number of quaternary nitrogens is 1. The summed E-state index contributed by atoms with van der Waals surface area (Å²) < 4.78 is 1.16. The molecule has 0 saturated heterocycles. The van der Waals surface area contributed by atoms with Crippen LogP contribution in [0.5, 0.6) is 0 Å². The van der Waals surface area contributed by atoms with E-state index in [0.717, 1.165) is 16.8 Å². The third-order valence-corrected chi connectivity index (χ3v) is 5.92. The third kappa shape index (κ3) is 4.05. The number of hydrogen-bond acceptors (Lipinski definition) is 1. The van der Waals surface area contributed by atoms with Gasteiger partial charge in [0.15, 0.2) is 0 Å². The Hall–Kier alpha value is -0.370. The molecule has 0 amide bonds. The maximum Gasteiger partial charge on any atom is 0.0964 e. The Morgan fingerprint density at radius 2 is 1.74 bits per heavy atom. The fourth-order valence-corrected chi connectivity index (χ4v) is 3.17. The zero-order valence-corrected chi connectivity index (χ0v) is 14.9. The first-order chi connectivity index (χ1) is 8.68. The molecule has 2 heteroatoms. The van der Waals surface area contributed by atoms with Gasteiger partial charge in [0, 0.05) is 25.1 Å². The summed E-state index contributed by atoms with van der Waals surface area (Å²) in [5.41, 5.74) is 1.62. The molecule has 0 bridgehead atoms. The quantitative estimate of drug-likeness (QED) is 0.453. The van der Waals surface area contributed by atoms with Crippen LogP contribution in [0.25, 0.3) is 0 Å². The topological polar surface area (TPSA) is 12.4 Å². The Labute approximate surface area is 121 Å². The molecule has 0 aromatic rings. The van der Waals surface area contributed by atoms with Crippen LogP contribution in [0.2, 0.25) is 0 Å². The second-order valence-corrected chi connectivity index (χ2v) is 6.88. The highest BCUT2D eigenvalue weighted by atomic mass is 15.4. The number of rotatable bonds is 8. The zero-order chi connectivity index (χ0) is 15.3. The van der Waals surface area contributed by atoms with Crippen molar-refractivity contribution in [2.45, 2.75) is 79.3 Å². The van der Waals surface area contributed by atoms with Gasteiger partial charge in [0.25, 0.3) is 0 Å². The summed E-state index contributed by atoms with van der Waals surface area (Å²) in [6, 6.07) is 0.689. The molecule has 2 nitrogen and oxygen atoms in total. The summed E-state index contributed by atoms with van der Waals surface area (Å²) in [5.74, 6) is 0.719. The van der Waals surface area contributed by atoms with Crippen molar-refractivity contribution in [1.29, 1.82) is 0 Å². The predicted molar refractivity (Wildman–Crippen MR) is 88.0 cm³/mol. The molecule has 0 spiro atoms. The number of aliphatic imine (C=N–C) groups is 1. The largest absolute Gasteiger partial charge is 0.319 e. The van der Waals surface area contributed by atoms with Gasteiger partial charge in [-0.05, 0) is 40.5 Å². The fraction of sp³-hybridized carbons (Fsp3) is 0.941. The van der Waals surface area contributed by atoms with E-state index >= 15 is 0 Å². The molecule has 3 unspecified atom stereocenters. The second kappa shape index (κ2) is 7.42. The highest BCUT2D eigenvalue weighted by Crippen LogP contribution is 2.36. The van der Waals surface area contributed by atoms with Gasteiger partial charge >= 0.3 is 0 Å². The molecule has 0 saturated carbocycles. The van der Waals surface area contributed by atoms with Crippen molar-refractivity contribution in [1.82, 2.24) is 0 Å². The van der Waals surface area contributed by atoms with Crippen molar-refractivity contribution >= 4 is 5.71 Å². The Morgan fingerprint density at radius 1 is 1.21 bits per heavy atom. The van der Waals surface area contributed by atoms with Crippen molar-refractivity contribution in [3.8, 4) is 0 Å². The first kappa shape index (κ1) is 18.6. The highest BCUT2D eigenvalue weighted by molar-refractivity contribution is 5.81. The van der Waals surface area contributed by atoms with E-state index in [9.17, 15) is 0 Å². The molecule has 0 aliphatic rings. The number of nitrogens with zero attached hydrogens (tertiary/aromatic N) is 2. The smallest absolute Gasteiger partial charge is 0.0964 e. The van der Waals surface area contributed by atoms with E-state index in [1.807, 2.05) is 7.05 Å². The monoisotopic (exact) mass is 269 g/mol. The highest BCUT2D eigenvalue weighted by Gasteiger charge is 2.45. The standard InChI is InChI=1S/C17H37N2/c1-10-17(7,13-12-15(5)18-8)19(9,11-2)16(6)14(3)4/h14,16H,10-13H2,1-9H3/q+1. The van der Waals surface area contributed by atoms with Crippen molar-refractivity contribution < 1.29 is 4.48 Å². The van der Waals surface area contributed by atoms with Crippen molar-refractivity contribution in [2.24, 2.45) is 10.9 Å². The summed E-state index contributed by atoms with van der Waals surface area (Å²) in [7, 11) is 4.36. The van der Waals surface area contributed by atoms with E-state index < -0.39 is 0 Å². The summed E-state index contributed by atoms with van der Waals surface area (Å²) in [6.07, 6.45) is 3.58. The van der Waals surface area contributed by atoms with E-state index in [-0.39, 0.29) is 0 Å². The van der Waals surface area contributed by atoms with E-state index in [1.165, 1.54) is 25.1 Å². The van der Waals surface area contributed by atoms with Crippen LogP contribution < -0.4 is 0 Å². The molecule has 0 aliphatic carbocycles. The van der Waals surface area contributed by atoms with Gasteiger partial charge in [-0.2, -0.15) is 0 Å². The molecule has 114 valence electrons. The molecular weight excluding hydrogens is 232 g/mol. The third-order valence-electron chi connectivity index (χ3n) is 5.92. The van der Waals surface area contributed by atoms with Gasteiger partial charge in [-0.1, -0.05) is 20.8 Å². The van der Waals surface area contributed by atoms with Crippen LogP contribution in [0.1, 0.15) is 67.7 Å². The SMILES string of the molecule is CCC(C)(CCC(C)=NC)[N+](C)(CC)C(C)C(C)C. The Balaban J connectivity index is 5.24. The molecule has 0 N–H and O–H groups in total. The van der Waals surface area contributed by atoms with Gasteiger partial charge in [0.05, 0.1) is 25.2 Å². The zero-order valence-electron chi connectivity index (χ0n) is 14.9. The van der Waals surface area contributed by atoms with Crippen LogP contribution in [0, 0.1) is 5.92 Å². The molecule has 0 heterocycles. The first-order valence-electron chi connectivity index (χ1n) is 7.96. The fourth-order valence-electron chi connectivity index (χ4n) is 3.17. The lowest BCUT2D eigenvalue weighted by atomic mass is 9.83. The average Bonchev–Trinajstić information content (AvgIpc) is 2.41. The van der Waals surface area contributed by atoms with Gasteiger partial charge < -0.3 is 4.48 Å². The van der Waals surface area contributed by atoms with Gasteiger partial charge in [-0.15, -0.1) is 0 Å². The van der Waals surface area contributed by atoms with Crippen molar-refractivity contribution in [2.75, 3.05) is 20.6 Å². The van der Waals surface area contributed by atoms with Crippen molar-refractivity contribution in [3.05, 3.63) is 0 Å². The summed E-state index contributed by atoms with van der Waals surface area (Å²) in [6.45, 7) is 17.6. The minimum Gasteiger partial charge on any atom is -0.319 e. The first-order valence-corrected chi connectivity index (χ1v) is 7.96. The predicted octanol–water partition coefficient (Wildman–Crippen LogP) is 4.54. The molecule has 3 atom stereocenters. The van der Waals surface area contributed by atoms with E-state index in [0.29, 0.717) is 11.6 Å². The average molecular weight is 269 g/mol. The van der Waals surface area contributed by atoms with E-state index in [4.69, 9.17) is 0 Å². The lowest BCUT2D eigenvalue weighted by Crippen LogP contribution is -2.65. The molecule has 19 heavy (non-hydrogen) atoms. The minimum atomic E-state index is 0.338. The van der Waals surface area contributed by atoms with Gasteiger partial charge in [-0.3, -0.25) is 4.99 Å².